The van der Waals surface area contributed by atoms with Crippen LogP contribution in [0.5, 0.6) is 0 Å². The minimum absolute atomic E-state index is 0.276. The van der Waals surface area contributed by atoms with Gasteiger partial charge in [0.1, 0.15) is 0 Å². The minimum Gasteiger partial charge on any atom is -0.361 e. The Morgan fingerprint density at radius 2 is 2.02 bits per heavy atom. The van der Waals surface area contributed by atoms with E-state index in [4.69, 9.17) is 4.74 Å². The fraction of sp³-hybridized carbons (Fsp3) is 0.464. The fourth-order valence-corrected chi connectivity index (χ4v) is 5.51. The number of carbonyl (C=O) groups excluding carboxylic acids is 1. The van der Waals surface area contributed by atoms with Crippen molar-refractivity contribution >= 4 is 28.8 Å². The zero-order chi connectivity index (χ0) is 27.7. The average molecular weight is 556 g/mol. The van der Waals surface area contributed by atoms with E-state index < -0.39 is 24.9 Å². The average Bonchev–Trinajstić information content (AvgIpc) is 3.47. The topological polar surface area (TPSA) is 87.0 Å². The minimum atomic E-state index is -4.33. The first-order valence-electron chi connectivity index (χ1n) is 13.6. The Hall–Kier alpha value is -3.48. The van der Waals surface area contributed by atoms with Crippen LogP contribution in [0, 0.1) is 5.92 Å². The van der Waals surface area contributed by atoms with Crippen LogP contribution in [-0.2, 0) is 16.1 Å². The SMILES string of the molecule is O=C(CCC(F)(F)F)N1CC=C(c2cccn3nc(Nc4ccc(COCN5CC6CNC6C5)cc4)nc23)CC1. The second-order valence-corrected chi connectivity index (χ2v) is 10.7. The number of halogens is 3. The Bertz CT molecular complexity index is 1380. The van der Waals surface area contributed by atoms with Gasteiger partial charge in [-0.1, -0.05) is 18.2 Å². The van der Waals surface area contributed by atoms with Crippen LogP contribution in [0.25, 0.3) is 11.2 Å². The summed E-state index contributed by atoms with van der Waals surface area (Å²) in [7, 11) is 0. The van der Waals surface area contributed by atoms with Crippen molar-refractivity contribution in [1.29, 1.82) is 0 Å². The van der Waals surface area contributed by atoms with Crippen LogP contribution in [0.2, 0.25) is 0 Å². The molecule has 0 aliphatic carbocycles. The van der Waals surface area contributed by atoms with Crippen molar-refractivity contribution in [2.45, 2.75) is 38.1 Å². The summed E-state index contributed by atoms with van der Waals surface area (Å²) in [5, 5.41) is 11.3. The molecule has 0 spiro atoms. The molecule has 2 atom stereocenters. The number of nitrogens with zero attached hydrogens (tertiary/aromatic N) is 5. The Morgan fingerprint density at radius 1 is 1.18 bits per heavy atom. The van der Waals surface area contributed by atoms with E-state index in [1.165, 1.54) is 4.90 Å². The van der Waals surface area contributed by atoms with E-state index >= 15 is 0 Å². The molecule has 2 N–H and O–H groups in total. The van der Waals surface area contributed by atoms with Crippen molar-refractivity contribution in [2.75, 3.05) is 44.8 Å². The third-order valence-electron chi connectivity index (χ3n) is 7.80. The molecule has 3 aliphatic rings. The molecule has 0 bridgehead atoms. The number of nitrogens with one attached hydrogen (secondary N) is 2. The molecular weight excluding hydrogens is 523 g/mol. The van der Waals surface area contributed by atoms with Crippen molar-refractivity contribution in [3.8, 4) is 0 Å². The van der Waals surface area contributed by atoms with Crippen LogP contribution in [-0.4, -0.2) is 82.0 Å². The molecule has 2 saturated heterocycles. The molecule has 2 aromatic heterocycles. The van der Waals surface area contributed by atoms with Gasteiger partial charge in [-0.25, -0.2) is 4.52 Å². The van der Waals surface area contributed by atoms with Gasteiger partial charge in [0.05, 0.1) is 19.8 Å². The highest BCUT2D eigenvalue weighted by atomic mass is 19.4. The number of pyridine rings is 1. The number of rotatable bonds is 9. The highest BCUT2D eigenvalue weighted by Gasteiger charge is 2.38. The highest BCUT2D eigenvalue weighted by Crippen LogP contribution is 2.28. The predicted octanol–water partition coefficient (Wildman–Crippen LogP) is 3.81. The van der Waals surface area contributed by atoms with Gasteiger partial charge in [0, 0.05) is 68.6 Å². The third-order valence-corrected chi connectivity index (χ3v) is 7.80. The maximum atomic E-state index is 12.5. The number of aromatic nitrogens is 3. The van der Waals surface area contributed by atoms with Gasteiger partial charge >= 0.3 is 6.18 Å². The standard InChI is InChI=1S/C28H32F3N7O2/c29-28(30,31)10-7-25(39)37-12-8-20(9-13-37)23-2-1-11-38-26(23)34-27(35-38)33-22-5-3-19(4-6-22)17-40-18-36-15-21-14-32-24(21)16-36/h1-6,8,11,21,24,32H,7,9-10,12-18H2,(H,33,35). The van der Waals surface area contributed by atoms with Gasteiger partial charge in [0.25, 0.3) is 0 Å². The van der Waals surface area contributed by atoms with Crippen molar-refractivity contribution < 1.29 is 22.7 Å². The number of alkyl halides is 3. The van der Waals surface area contributed by atoms with Crippen LogP contribution >= 0.6 is 0 Å². The second-order valence-electron chi connectivity index (χ2n) is 10.7. The summed E-state index contributed by atoms with van der Waals surface area (Å²) in [5.41, 5.74) is 4.49. The van der Waals surface area contributed by atoms with Gasteiger partial charge in [-0.3, -0.25) is 9.69 Å². The number of amides is 1. The molecule has 0 radical (unpaired) electrons. The molecular formula is C28H32F3N7O2. The van der Waals surface area contributed by atoms with Gasteiger partial charge in [-0.05, 0) is 41.8 Å². The number of carbonyl (C=O) groups is 1. The van der Waals surface area contributed by atoms with Crippen LogP contribution < -0.4 is 10.6 Å². The monoisotopic (exact) mass is 555 g/mol. The molecule has 40 heavy (non-hydrogen) atoms. The third kappa shape index (κ3) is 6.13. The van der Waals surface area contributed by atoms with E-state index in [0.29, 0.717) is 43.9 Å². The Balaban J connectivity index is 1.04. The molecule has 6 rings (SSSR count). The van der Waals surface area contributed by atoms with Crippen LogP contribution in [0.4, 0.5) is 24.8 Å². The van der Waals surface area contributed by atoms with Gasteiger partial charge in [-0.2, -0.15) is 18.2 Å². The lowest BCUT2D eigenvalue weighted by Crippen LogP contribution is -2.51. The fourth-order valence-electron chi connectivity index (χ4n) is 5.51. The Kier molecular flexibility index (Phi) is 7.47. The van der Waals surface area contributed by atoms with Gasteiger partial charge in [0.15, 0.2) is 5.65 Å². The van der Waals surface area contributed by atoms with Crippen LogP contribution in [0.15, 0.2) is 48.7 Å². The van der Waals surface area contributed by atoms with Crippen molar-refractivity contribution in [3.63, 3.8) is 0 Å². The molecule has 1 amide bonds. The number of hydrogen-bond acceptors (Lipinski definition) is 7. The molecule has 212 valence electrons. The number of fused-ring (bicyclic) bond motifs is 2. The van der Waals surface area contributed by atoms with E-state index in [1.54, 1.807) is 4.52 Å². The van der Waals surface area contributed by atoms with E-state index in [2.05, 4.69) is 25.6 Å². The van der Waals surface area contributed by atoms with Gasteiger partial charge in [0.2, 0.25) is 11.9 Å². The lowest BCUT2D eigenvalue weighted by Gasteiger charge is -2.30. The summed E-state index contributed by atoms with van der Waals surface area (Å²) in [6, 6.07) is 12.4. The lowest BCUT2D eigenvalue weighted by atomic mass is 9.96. The number of hydrogen-bond donors (Lipinski definition) is 2. The molecule has 5 heterocycles. The normalized spacial score (nSPS) is 21.3. The summed E-state index contributed by atoms with van der Waals surface area (Å²) in [6.07, 6.45) is -1.71. The lowest BCUT2D eigenvalue weighted by molar-refractivity contribution is -0.148. The maximum Gasteiger partial charge on any atom is 0.389 e. The first kappa shape index (κ1) is 26.7. The molecule has 0 saturated carbocycles. The van der Waals surface area contributed by atoms with E-state index in [1.807, 2.05) is 48.7 Å². The van der Waals surface area contributed by atoms with Crippen molar-refractivity contribution in [3.05, 3.63) is 59.8 Å². The van der Waals surface area contributed by atoms with Crippen LogP contribution in [0.3, 0.4) is 0 Å². The molecule has 9 nitrogen and oxygen atoms in total. The first-order valence-corrected chi connectivity index (χ1v) is 13.6. The second kappa shape index (κ2) is 11.2. The summed E-state index contributed by atoms with van der Waals surface area (Å²) < 4.78 is 45.0. The first-order chi connectivity index (χ1) is 19.3. The number of likely N-dealkylation sites (tertiary alicyclic amines) is 1. The number of anilines is 2. The van der Waals surface area contributed by atoms with Gasteiger partial charge in [-0.15, -0.1) is 5.10 Å². The summed E-state index contributed by atoms with van der Waals surface area (Å²) in [4.78, 5) is 20.7. The van der Waals surface area contributed by atoms with Crippen LogP contribution in [0.1, 0.15) is 30.4 Å². The molecule has 2 unspecified atom stereocenters. The van der Waals surface area contributed by atoms with Crippen molar-refractivity contribution in [2.24, 2.45) is 5.92 Å². The molecule has 1 aromatic carbocycles. The number of ether oxygens (including phenoxy) is 1. The largest absolute Gasteiger partial charge is 0.389 e. The van der Waals surface area contributed by atoms with E-state index in [0.717, 1.165) is 47.9 Å². The van der Waals surface area contributed by atoms with Crippen molar-refractivity contribution in [1.82, 2.24) is 29.7 Å². The highest BCUT2D eigenvalue weighted by molar-refractivity contribution is 5.81. The Morgan fingerprint density at radius 3 is 2.70 bits per heavy atom. The summed E-state index contributed by atoms with van der Waals surface area (Å²) >= 11 is 0. The molecule has 3 aromatic rings. The Labute approximate surface area is 230 Å². The quantitative estimate of drug-likeness (QED) is 0.415. The van der Waals surface area contributed by atoms with Gasteiger partial charge < -0.3 is 20.3 Å². The van der Waals surface area contributed by atoms with E-state index in [-0.39, 0.29) is 6.54 Å². The summed E-state index contributed by atoms with van der Waals surface area (Å²) in [5.74, 6) is 0.751. The smallest absolute Gasteiger partial charge is 0.361 e. The number of benzene rings is 1. The van der Waals surface area contributed by atoms with E-state index in [9.17, 15) is 18.0 Å². The maximum absolute atomic E-state index is 12.5. The molecule has 3 aliphatic heterocycles. The predicted molar refractivity (Wildman–Crippen MR) is 144 cm³/mol. The molecule has 2 fully saturated rings. The molecule has 12 heteroatoms. The summed E-state index contributed by atoms with van der Waals surface area (Å²) in [6.45, 7) is 5.12. The zero-order valence-corrected chi connectivity index (χ0v) is 22.0. The zero-order valence-electron chi connectivity index (χ0n) is 22.0.